The number of hydrogen-bond acceptors (Lipinski definition) is 3. The van der Waals surface area contributed by atoms with Crippen LogP contribution in [0, 0.1) is 13.8 Å². The lowest BCUT2D eigenvalue weighted by atomic mass is 10.1. The van der Waals surface area contributed by atoms with E-state index in [4.69, 9.17) is 0 Å². The van der Waals surface area contributed by atoms with Gasteiger partial charge in [-0.15, -0.1) is 11.3 Å². The highest BCUT2D eigenvalue weighted by atomic mass is 32.1. The van der Waals surface area contributed by atoms with Gasteiger partial charge in [0.15, 0.2) is 0 Å². The first-order valence-corrected chi connectivity index (χ1v) is 6.75. The largest absolute Gasteiger partial charge is 0.333 e. The van der Waals surface area contributed by atoms with Crippen molar-refractivity contribution >= 4 is 21.6 Å². The molecule has 0 saturated carbocycles. The first-order chi connectivity index (χ1) is 9.06. The molecular weight excluding hydrogens is 260 g/mol. The van der Waals surface area contributed by atoms with Crippen LogP contribution in [0.3, 0.4) is 0 Å². The highest BCUT2D eigenvalue weighted by Gasteiger charge is 2.10. The lowest BCUT2D eigenvalue weighted by Crippen LogP contribution is -2.33. The first-order valence-electron chi connectivity index (χ1n) is 5.87. The van der Waals surface area contributed by atoms with E-state index in [0.717, 1.165) is 11.1 Å². The number of H-pyrrole nitrogens is 1. The summed E-state index contributed by atoms with van der Waals surface area (Å²) < 4.78 is 1.76. The lowest BCUT2D eigenvalue weighted by Gasteiger charge is -2.07. The fraction of sp³-hybridized carbons (Fsp3) is 0.143. The average molecular weight is 272 g/mol. The maximum Gasteiger partial charge on any atom is 0.333 e. The van der Waals surface area contributed by atoms with Crippen molar-refractivity contribution in [3.63, 3.8) is 0 Å². The highest BCUT2D eigenvalue weighted by molar-refractivity contribution is 7.17. The molecule has 1 aromatic carbocycles. The zero-order chi connectivity index (χ0) is 13.6. The highest BCUT2D eigenvalue weighted by Crippen LogP contribution is 2.15. The zero-order valence-corrected chi connectivity index (χ0v) is 11.4. The Bertz CT molecular complexity index is 866. The summed E-state index contributed by atoms with van der Waals surface area (Å²) in [5.74, 6) is 0. The van der Waals surface area contributed by atoms with E-state index in [2.05, 4.69) is 4.98 Å². The van der Waals surface area contributed by atoms with Crippen molar-refractivity contribution in [2.75, 3.05) is 0 Å². The Morgan fingerprint density at radius 2 is 1.79 bits per heavy atom. The van der Waals surface area contributed by atoms with Crippen LogP contribution in [-0.2, 0) is 0 Å². The maximum atomic E-state index is 12.4. The van der Waals surface area contributed by atoms with Crippen LogP contribution in [0.4, 0.5) is 0 Å². The third kappa shape index (κ3) is 1.92. The van der Waals surface area contributed by atoms with Crippen LogP contribution in [0.1, 0.15) is 11.1 Å². The molecule has 0 unspecified atom stereocenters. The van der Waals surface area contributed by atoms with Gasteiger partial charge >= 0.3 is 5.69 Å². The zero-order valence-electron chi connectivity index (χ0n) is 10.6. The molecule has 0 aliphatic carbocycles. The van der Waals surface area contributed by atoms with E-state index in [9.17, 15) is 9.59 Å². The van der Waals surface area contributed by atoms with E-state index >= 15 is 0 Å². The normalized spacial score (nSPS) is 11.1. The van der Waals surface area contributed by atoms with Gasteiger partial charge in [-0.2, -0.15) is 0 Å². The summed E-state index contributed by atoms with van der Waals surface area (Å²) in [5, 5.41) is 1.80. The minimum atomic E-state index is -0.402. The fourth-order valence-electron chi connectivity index (χ4n) is 2.25. The SMILES string of the molecule is Cc1cc(C)cc(-n2c(=O)[nH]c3ccsc3c2=O)c1. The maximum absolute atomic E-state index is 12.4. The Labute approximate surface area is 113 Å². The van der Waals surface area contributed by atoms with Crippen molar-refractivity contribution < 1.29 is 0 Å². The average Bonchev–Trinajstić information content (AvgIpc) is 2.75. The van der Waals surface area contributed by atoms with Crippen molar-refractivity contribution in [2.45, 2.75) is 13.8 Å². The molecule has 3 rings (SSSR count). The van der Waals surface area contributed by atoms with Crippen LogP contribution in [0.5, 0.6) is 0 Å². The number of hydrogen-bond donors (Lipinski definition) is 1. The number of rotatable bonds is 1. The molecule has 0 aliphatic heterocycles. The topological polar surface area (TPSA) is 54.9 Å². The molecule has 1 N–H and O–H groups in total. The minimum absolute atomic E-state index is 0.265. The van der Waals surface area contributed by atoms with Crippen molar-refractivity contribution in [3.8, 4) is 5.69 Å². The van der Waals surface area contributed by atoms with Gasteiger partial charge in [-0.3, -0.25) is 4.79 Å². The number of fused-ring (bicyclic) bond motifs is 1. The van der Waals surface area contributed by atoms with Crippen molar-refractivity contribution in [3.05, 3.63) is 61.6 Å². The quantitative estimate of drug-likeness (QED) is 0.739. The summed E-state index contributed by atoms with van der Waals surface area (Å²) in [6.45, 7) is 3.89. The number of nitrogens with one attached hydrogen (secondary N) is 1. The molecule has 4 nitrogen and oxygen atoms in total. The van der Waals surface area contributed by atoms with Gasteiger partial charge in [0.05, 0.1) is 11.2 Å². The predicted molar refractivity (Wildman–Crippen MR) is 77.5 cm³/mol. The Morgan fingerprint density at radius 3 is 2.47 bits per heavy atom. The number of benzene rings is 1. The number of aryl methyl sites for hydroxylation is 2. The van der Waals surface area contributed by atoms with Crippen molar-refractivity contribution in [2.24, 2.45) is 0 Å². The molecule has 0 amide bonds. The monoisotopic (exact) mass is 272 g/mol. The van der Waals surface area contributed by atoms with Gasteiger partial charge in [-0.05, 0) is 48.6 Å². The molecule has 0 atom stereocenters. The van der Waals surface area contributed by atoms with Crippen LogP contribution in [0.15, 0.2) is 39.2 Å². The number of nitrogens with zero attached hydrogens (tertiary/aromatic N) is 1. The summed E-state index contributed by atoms with van der Waals surface area (Å²) in [6, 6.07) is 7.42. The molecule has 2 aromatic heterocycles. The fourth-order valence-corrected chi connectivity index (χ4v) is 3.03. The van der Waals surface area contributed by atoms with Gasteiger partial charge < -0.3 is 4.98 Å². The second kappa shape index (κ2) is 4.20. The number of aromatic amines is 1. The van der Waals surface area contributed by atoms with Gasteiger partial charge in [-0.25, -0.2) is 9.36 Å². The molecule has 0 spiro atoms. The molecule has 5 heteroatoms. The summed E-state index contributed by atoms with van der Waals surface area (Å²) in [4.78, 5) is 27.2. The van der Waals surface area contributed by atoms with Gasteiger partial charge in [0.1, 0.15) is 4.70 Å². The van der Waals surface area contributed by atoms with Crippen LogP contribution < -0.4 is 11.2 Å². The lowest BCUT2D eigenvalue weighted by molar-refractivity contribution is 0.901. The van der Waals surface area contributed by atoms with E-state index < -0.39 is 5.69 Å². The smallest absolute Gasteiger partial charge is 0.306 e. The standard InChI is InChI=1S/C14H12N2O2S/c1-8-5-9(2)7-10(6-8)16-13(17)12-11(3-4-19-12)15-14(16)18/h3-7H,1-2H3,(H,15,18). The number of thiophene rings is 1. The molecule has 19 heavy (non-hydrogen) atoms. The molecule has 0 saturated heterocycles. The van der Waals surface area contributed by atoms with E-state index in [1.165, 1.54) is 15.9 Å². The van der Waals surface area contributed by atoms with Gasteiger partial charge in [-0.1, -0.05) is 6.07 Å². The van der Waals surface area contributed by atoms with Crippen LogP contribution >= 0.6 is 11.3 Å². The Hall–Kier alpha value is -2.14. The molecule has 0 radical (unpaired) electrons. The third-order valence-corrected chi connectivity index (χ3v) is 3.87. The van der Waals surface area contributed by atoms with E-state index in [-0.39, 0.29) is 5.56 Å². The molecule has 96 valence electrons. The van der Waals surface area contributed by atoms with E-state index in [0.29, 0.717) is 15.9 Å². The van der Waals surface area contributed by atoms with E-state index in [1.807, 2.05) is 32.0 Å². The predicted octanol–water partition coefficient (Wildman–Crippen LogP) is 2.36. The van der Waals surface area contributed by atoms with Crippen LogP contribution in [0.25, 0.3) is 15.9 Å². The summed E-state index contributed by atoms with van der Waals surface area (Å²) in [7, 11) is 0. The minimum Gasteiger partial charge on any atom is -0.306 e. The van der Waals surface area contributed by atoms with Crippen molar-refractivity contribution in [1.82, 2.24) is 9.55 Å². The molecule has 3 aromatic rings. The van der Waals surface area contributed by atoms with Crippen LogP contribution in [-0.4, -0.2) is 9.55 Å². The molecule has 0 aliphatic rings. The molecular formula is C14H12N2O2S. The Balaban J connectivity index is 2.42. The summed E-state index contributed by atoms with van der Waals surface area (Å²) in [5.41, 5.74) is 2.58. The molecule has 0 bridgehead atoms. The summed E-state index contributed by atoms with van der Waals surface area (Å²) >= 11 is 1.34. The van der Waals surface area contributed by atoms with Crippen molar-refractivity contribution in [1.29, 1.82) is 0 Å². The summed E-state index contributed by atoms with van der Waals surface area (Å²) in [6.07, 6.45) is 0. The van der Waals surface area contributed by atoms with Gasteiger partial charge in [0.25, 0.3) is 5.56 Å². The number of aromatic nitrogens is 2. The van der Waals surface area contributed by atoms with E-state index in [1.54, 1.807) is 11.4 Å². The first kappa shape index (κ1) is 11.9. The molecule has 0 fully saturated rings. The second-order valence-electron chi connectivity index (χ2n) is 4.58. The third-order valence-electron chi connectivity index (χ3n) is 2.97. The van der Waals surface area contributed by atoms with Gasteiger partial charge in [0, 0.05) is 0 Å². The molecule has 2 heterocycles. The van der Waals surface area contributed by atoms with Gasteiger partial charge in [0.2, 0.25) is 0 Å². The second-order valence-corrected chi connectivity index (χ2v) is 5.50. The Kier molecular flexibility index (Phi) is 2.64. The Morgan fingerprint density at radius 1 is 1.11 bits per heavy atom. The van der Waals surface area contributed by atoms with Crippen LogP contribution in [0.2, 0.25) is 0 Å².